The highest BCUT2D eigenvalue weighted by molar-refractivity contribution is 6.04. The van der Waals surface area contributed by atoms with Crippen LogP contribution >= 0.6 is 0 Å². The minimum Gasteiger partial charge on any atom is -0.497 e. The Labute approximate surface area is 150 Å². The number of hydrogen-bond donors (Lipinski definition) is 1. The van der Waals surface area contributed by atoms with Gasteiger partial charge in [-0.3, -0.25) is 9.59 Å². The first-order valence-electron chi connectivity index (χ1n) is 8.02. The lowest BCUT2D eigenvalue weighted by Gasteiger charge is -2.08. The Kier molecular flexibility index (Phi) is 4.84. The van der Waals surface area contributed by atoms with Crippen molar-refractivity contribution in [1.29, 1.82) is 0 Å². The normalized spacial score (nSPS) is 10.4. The third-order valence-corrected chi connectivity index (χ3v) is 3.99. The molecule has 0 spiro atoms. The van der Waals surface area contributed by atoms with E-state index in [1.165, 1.54) is 6.92 Å². The summed E-state index contributed by atoms with van der Waals surface area (Å²) in [5.74, 6) is 0.666. The van der Waals surface area contributed by atoms with Crippen LogP contribution in [0.15, 0.2) is 53.1 Å². The van der Waals surface area contributed by atoms with Gasteiger partial charge < -0.3 is 14.6 Å². The molecule has 0 bridgehead atoms. The van der Waals surface area contributed by atoms with E-state index in [-0.39, 0.29) is 11.5 Å². The van der Waals surface area contributed by atoms with Gasteiger partial charge in [0.1, 0.15) is 5.75 Å². The Morgan fingerprint density at radius 3 is 2.65 bits per heavy atom. The van der Waals surface area contributed by atoms with Crippen molar-refractivity contribution in [2.45, 2.75) is 13.8 Å². The molecule has 0 aliphatic heterocycles. The van der Waals surface area contributed by atoms with Gasteiger partial charge in [0.25, 0.3) is 5.91 Å². The van der Waals surface area contributed by atoms with Crippen molar-refractivity contribution >= 4 is 17.4 Å². The third-order valence-electron chi connectivity index (χ3n) is 3.99. The van der Waals surface area contributed by atoms with Crippen LogP contribution in [-0.4, -0.2) is 24.0 Å². The van der Waals surface area contributed by atoms with E-state index >= 15 is 0 Å². The summed E-state index contributed by atoms with van der Waals surface area (Å²) < 4.78 is 10.5. The lowest BCUT2D eigenvalue weighted by Crippen LogP contribution is -2.13. The molecular weight excluding hydrogens is 332 g/mol. The fourth-order valence-corrected chi connectivity index (χ4v) is 2.46. The highest BCUT2D eigenvalue weighted by Crippen LogP contribution is 2.25. The van der Waals surface area contributed by atoms with Gasteiger partial charge in [-0.25, -0.2) is 0 Å². The molecule has 6 nitrogen and oxygen atoms in total. The number of carbonyl (C=O) groups is 2. The average Bonchev–Trinajstić information content (AvgIpc) is 3.13. The molecule has 1 aromatic heterocycles. The lowest BCUT2D eigenvalue weighted by atomic mass is 10.1. The van der Waals surface area contributed by atoms with Crippen molar-refractivity contribution in [3.63, 3.8) is 0 Å². The molecule has 3 aromatic rings. The van der Waals surface area contributed by atoms with Crippen molar-refractivity contribution in [1.82, 2.24) is 5.16 Å². The smallest absolute Gasteiger partial charge is 0.277 e. The van der Waals surface area contributed by atoms with E-state index in [0.717, 1.165) is 11.1 Å². The van der Waals surface area contributed by atoms with Crippen LogP contribution in [0, 0.1) is 6.92 Å². The predicted molar refractivity (Wildman–Crippen MR) is 97.6 cm³/mol. The van der Waals surface area contributed by atoms with Gasteiger partial charge in [0, 0.05) is 22.9 Å². The van der Waals surface area contributed by atoms with E-state index in [4.69, 9.17) is 9.26 Å². The molecule has 0 fully saturated rings. The number of hydrogen-bond acceptors (Lipinski definition) is 5. The highest BCUT2D eigenvalue weighted by Gasteiger charge is 2.15. The monoisotopic (exact) mass is 350 g/mol. The van der Waals surface area contributed by atoms with E-state index in [1.807, 2.05) is 25.1 Å². The minimum absolute atomic E-state index is 0.0674. The van der Waals surface area contributed by atoms with Gasteiger partial charge in [-0.1, -0.05) is 29.4 Å². The molecule has 0 radical (unpaired) electrons. The number of rotatable bonds is 5. The van der Waals surface area contributed by atoms with E-state index < -0.39 is 5.91 Å². The topological polar surface area (TPSA) is 81.4 Å². The third kappa shape index (κ3) is 3.64. The Balaban J connectivity index is 1.82. The van der Waals surface area contributed by atoms with Crippen molar-refractivity contribution in [2.75, 3.05) is 12.4 Å². The van der Waals surface area contributed by atoms with Gasteiger partial charge in [-0.05, 0) is 37.6 Å². The van der Waals surface area contributed by atoms with Crippen LogP contribution in [0.5, 0.6) is 5.75 Å². The summed E-state index contributed by atoms with van der Waals surface area (Å²) in [5.41, 5.74) is 2.85. The van der Waals surface area contributed by atoms with Gasteiger partial charge in [-0.2, -0.15) is 0 Å². The van der Waals surface area contributed by atoms with Crippen LogP contribution in [0.25, 0.3) is 11.3 Å². The summed E-state index contributed by atoms with van der Waals surface area (Å²) in [6, 6.07) is 14.0. The van der Waals surface area contributed by atoms with Crippen molar-refractivity contribution in [3.8, 4) is 17.1 Å². The molecule has 1 heterocycles. The molecule has 0 saturated carbocycles. The average molecular weight is 350 g/mol. The fraction of sp³-hybridized carbons (Fsp3) is 0.150. The molecule has 3 rings (SSSR count). The number of aryl methyl sites for hydroxylation is 1. The van der Waals surface area contributed by atoms with E-state index in [0.29, 0.717) is 22.8 Å². The van der Waals surface area contributed by atoms with E-state index in [2.05, 4.69) is 10.5 Å². The van der Waals surface area contributed by atoms with Crippen LogP contribution in [0.3, 0.4) is 0 Å². The van der Waals surface area contributed by atoms with Gasteiger partial charge in [-0.15, -0.1) is 0 Å². The second-order valence-electron chi connectivity index (χ2n) is 5.85. The van der Waals surface area contributed by atoms with E-state index in [1.54, 1.807) is 37.4 Å². The largest absolute Gasteiger partial charge is 0.497 e. The Hall–Kier alpha value is -3.41. The summed E-state index contributed by atoms with van der Waals surface area (Å²) in [4.78, 5) is 24.0. The standard InChI is InChI=1S/C20H18N2O4/c1-12-7-8-14(13(2)23)10-17(12)21-20(24)18-11-19(26-22-18)15-5-4-6-16(9-15)25-3/h4-11H,1-3H3,(H,21,24). The molecule has 0 saturated heterocycles. The minimum atomic E-state index is -0.410. The van der Waals surface area contributed by atoms with Crippen molar-refractivity contribution in [2.24, 2.45) is 0 Å². The molecule has 2 aromatic carbocycles. The zero-order valence-electron chi connectivity index (χ0n) is 14.7. The van der Waals surface area contributed by atoms with Gasteiger partial charge in [0.05, 0.1) is 7.11 Å². The molecule has 1 amide bonds. The summed E-state index contributed by atoms with van der Waals surface area (Å²) in [5, 5.41) is 6.61. The number of Topliss-reactive ketones (excluding diaryl/α,β-unsaturated/α-hetero) is 1. The SMILES string of the molecule is COc1cccc(-c2cc(C(=O)Nc3cc(C(C)=O)ccc3C)no2)c1. The lowest BCUT2D eigenvalue weighted by molar-refractivity contribution is 0.100. The number of carbonyl (C=O) groups excluding carboxylic acids is 2. The molecule has 1 N–H and O–H groups in total. The summed E-state index contributed by atoms with van der Waals surface area (Å²) in [7, 11) is 1.58. The fourth-order valence-electron chi connectivity index (χ4n) is 2.46. The van der Waals surface area contributed by atoms with E-state index in [9.17, 15) is 9.59 Å². The molecule has 6 heteroatoms. The number of benzene rings is 2. The second kappa shape index (κ2) is 7.23. The Bertz CT molecular complexity index is 975. The van der Waals surface area contributed by atoms with Crippen LogP contribution in [0.2, 0.25) is 0 Å². The van der Waals surface area contributed by atoms with Crippen LogP contribution in [-0.2, 0) is 0 Å². The number of amides is 1. The number of anilines is 1. The molecular formula is C20H18N2O4. The van der Waals surface area contributed by atoms with Gasteiger partial charge in [0.2, 0.25) is 0 Å². The maximum Gasteiger partial charge on any atom is 0.277 e. The number of ketones is 1. The first kappa shape index (κ1) is 17.4. The highest BCUT2D eigenvalue weighted by atomic mass is 16.5. The summed E-state index contributed by atoms with van der Waals surface area (Å²) >= 11 is 0. The number of aromatic nitrogens is 1. The molecule has 0 unspecified atom stereocenters. The maximum absolute atomic E-state index is 12.5. The number of ether oxygens (including phenoxy) is 1. The van der Waals surface area contributed by atoms with Crippen LogP contribution in [0.4, 0.5) is 5.69 Å². The molecule has 26 heavy (non-hydrogen) atoms. The Morgan fingerprint density at radius 2 is 1.92 bits per heavy atom. The quantitative estimate of drug-likeness (QED) is 0.700. The number of nitrogens with zero attached hydrogens (tertiary/aromatic N) is 1. The maximum atomic E-state index is 12.5. The first-order chi connectivity index (χ1) is 12.5. The van der Waals surface area contributed by atoms with Gasteiger partial charge >= 0.3 is 0 Å². The van der Waals surface area contributed by atoms with Crippen LogP contribution < -0.4 is 10.1 Å². The molecule has 132 valence electrons. The molecule has 0 aliphatic carbocycles. The van der Waals surface area contributed by atoms with Crippen molar-refractivity contribution in [3.05, 3.63) is 65.4 Å². The van der Waals surface area contributed by atoms with Gasteiger partial charge in [0.15, 0.2) is 17.2 Å². The first-order valence-corrected chi connectivity index (χ1v) is 8.02. The van der Waals surface area contributed by atoms with Crippen LogP contribution in [0.1, 0.15) is 33.3 Å². The zero-order valence-corrected chi connectivity index (χ0v) is 14.7. The number of methoxy groups -OCH3 is 1. The zero-order chi connectivity index (χ0) is 18.7. The molecule has 0 aliphatic rings. The second-order valence-corrected chi connectivity index (χ2v) is 5.85. The Morgan fingerprint density at radius 1 is 1.12 bits per heavy atom. The predicted octanol–water partition coefficient (Wildman–Crippen LogP) is 4.11. The summed E-state index contributed by atoms with van der Waals surface area (Å²) in [6.45, 7) is 3.33. The van der Waals surface area contributed by atoms with Crippen molar-refractivity contribution < 1.29 is 18.8 Å². The number of nitrogens with one attached hydrogen (secondary N) is 1. The molecule has 0 atom stereocenters. The summed E-state index contributed by atoms with van der Waals surface area (Å²) in [6.07, 6.45) is 0.